The zero-order valence-electron chi connectivity index (χ0n) is 18.4. The SMILES string of the molecule is C[C@H](NC(=O)C=Cc1c(F)cccc1F)c1cccc(N2CCN(c3ccccn3)CC2)c1. The van der Waals surface area contributed by atoms with Gasteiger partial charge in [0.1, 0.15) is 17.5 Å². The third-order valence-corrected chi connectivity index (χ3v) is 5.75. The molecule has 0 aliphatic carbocycles. The first-order valence-electron chi connectivity index (χ1n) is 10.9. The number of nitrogens with one attached hydrogen (secondary N) is 1. The fraction of sp³-hybridized carbons (Fsp3) is 0.231. The first-order chi connectivity index (χ1) is 16.0. The predicted molar refractivity (Wildman–Crippen MR) is 127 cm³/mol. The van der Waals surface area contributed by atoms with Crippen LogP contribution in [0.2, 0.25) is 0 Å². The van der Waals surface area contributed by atoms with E-state index in [2.05, 4.69) is 32.2 Å². The molecule has 0 spiro atoms. The van der Waals surface area contributed by atoms with Crippen molar-refractivity contribution in [2.75, 3.05) is 36.0 Å². The highest BCUT2D eigenvalue weighted by Crippen LogP contribution is 2.23. The van der Waals surface area contributed by atoms with E-state index < -0.39 is 17.5 Å². The number of pyridine rings is 1. The van der Waals surface area contributed by atoms with E-state index in [0.717, 1.165) is 67.5 Å². The number of hydrogen-bond donors (Lipinski definition) is 1. The van der Waals surface area contributed by atoms with Gasteiger partial charge in [-0.05, 0) is 55.0 Å². The number of anilines is 2. The van der Waals surface area contributed by atoms with Gasteiger partial charge in [-0.3, -0.25) is 4.79 Å². The van der Waals surface area contributed by atoms with Gasteiger partial charge in [-0.1, -0.05) is 24.3 Å². The summed E-state index contributed by atoms with van der Waals surface area (Å²) in [5.41, 5.74) is 1.82. The Bertz CT molecular complexity index is 1110. The van der Waals surface area contributed by atoms with Gasteiger partial charge in [0, 0.05) is 49.7 Å². The molecule has 0 unspecified atom stereocenters. The fourth-order valence-electron chi connectivity index (χ4n) is 3.90. The van der Waals surface area contributed by atoms with Crippen LogP contribution in [-0.2, 0) is 4.79 Å². The largest absolute Gasteiger partial charge is 0.368 e. The lowest BCUT2D eigenvalue weighted by Gasteiger charge is -2.37. The Balaban J connectivity index is 1.36. The van der Waals surface area contributed by atoms with Crippen LogP contribution >= 0.6 is 0 Å². The summed E-state index contributed by atoms with van der Waals surface area (Å²) in [5, 5.41) is 2.86. The molecule has 0 radical (unpaired) electrons. The minimum Gasteiger partial charge on any atom is -0.368 e. The highest BCUT2D eigenvalue weighted by Gasteiger charge is 2.19. The van der Waals surface area contributed by atoms with Gasteiger partial charge in [0.2, 0.25) is 5.91 Å². The van der Waals surface area contributed by atoms with Gasteiger partial charge in [-0.15, -0.1) is 0 Å². The average molecular weight is 449 g/mol. The lowest BCUT2D eigenvalue weighted by Crippen LogP contribution is -2.46. The molecule has 1 N–H and O–H groups in total. The van der Waals surface area contributed by atoms with Crippen molar-refractivity contribution in [3.05, 3.63) is 95.7 Å². The summed E-state index contributed by atoms with van der Waals surface area (Å²) in [4.78, 5) is 21.3. The van der Waals surface area contributed by atoms with Crippen LogP contribution in [0.25, 0.3) is 6.08 Å². The molecule has 4 rings (SSSR count). The number of benzene rings is 2. The number of rotatable bonds is 6. The Morgan fingerprint density at radius 1 is 0.970 bits per heavy atom. The highest BCUT2D eigenvalue weighted by atomic mass is 19.1. The standard InChI is InChI=1S/C26H26F2N4O/c1-19(30-26(33)12-11-22-23(27)8-5-9-24(22)28)20-6-4-7-21(18-20)31-14-16-32(17-15-31)25-10-2-3-13-29-25/h2-13,18-19H,14-17H2,1H3,(H,30,33)/t19-/m0/s1. The first kappa shape index (κ1) is 22.5. The van der Waals surface area contributed by atoms with Gasteiger partial charge in [0.05, 0.1) is 6.04 Å². The van der Waals surface area contributed by atoms with Crippen LogP contribution < -0.4 is 15.1 Å². The first-order valence-corrected chi connectivity index (χ1v) is 10.9. The van der Waals surface area contributed by atoms with Gasteiger partial charge in [-0.2, -0.15) is 0 Å². The van der Waals surface area contributed by atoms with E-state index in [1.54, 1.807) is 0 Å². The molecule has 2 heterocycles. The summed E-state index contributed by atoms with van der Waals surface area (Å²) in [6.07, 6.45) is 4.12. The third kappa shape index (κ3) is 5.55. The Kier molecular flexibility index (Phi) is 6.98. The van der Waals surface area contributed by atoms with Gasteiger partial charge >= 0.3 is 0 Å². The molecule has 1 saturated heterocycles. The van der Waals surface area contributed by atoms with E-state index in [9.17, 15) is 13.6 Å². The average Bonchev–Trinajstić information content (AvgIpc) is 2.84. The number of piperazine rings is 1. The highest BCUT2D eigenvalue weighted by molar-refractivity contribution is 5.92. The minimum atomic E-state index is -0.706. The molecule has 5 nitrogen and oxygen atoms in total. The Morgan fingerprint density at radius 2 is 1.67 bits per heavy atom. The van der Waals surface area contributed by atoms with Crippen LogP contribution in [0.4, 0.5) is 20.3 Å². The van der Waals surface area contributed by atoms with Crippen molar-refractivity contribution in [2.45, 2.75) is 13.0 Å². The van der Waals surface area contributed by atoms with Crippen molar-refractivity contribution in [1.29, 1.82) is 0 Å². The summed E-state index contributed by atoms with van der Waals surface area (Å²) >= 11 is 0. The number of carbonyl (C=O) groups excluding carboxylic acids is 1. The minimum absolute atomic E-state index is 0.229. The number of halogens is 2. The molecular formula is C26H26F2N4O. The van der Waals surface area contributed by atoms with Crippen molar-refractivity contribution in [3.63, 3.8) is 0 Å². The summed E-state index contributed by atoms with van der Waals surface area (Å²) in [7, 11) is 0. The third-order valence-electron chi connectivity index (χ3n) is 5.75. The van der Waals surface area contributed by atoms with Crippen LogP contribution in [0.15, 0.2) is 72.9 Å². The van der Waals surface area contributed by atoms with E-state index in [1.165, 1.54) is 6.07 Å². The lowest BCUT2D eigenvalue weighted by molar-refractivity contribution is -0.117. The molecule has 1 aliphatic heterocycles. The molecule has 2 aromatic carbocycles. The summed E-state index contributed by atoms with van der Waals surface area (Å²) in [5.74, 6) is -0.837. The zero-order valence-corrected chi connectivity index (χ0v) is 18.4. The molecule has 3 aromatic rings. The number of amides is 1. The van der Waals surface area contributed by atoms with Crippen LogP contribution in [0.3, 0.4) is 0 Å². The Hall–Kier alpha value is -3.74. The molecule has 0 bridgehead atoms. The second kappa shape index (κ2) is 10.3. The van der Waals surface area contributed by atoms with Crippen molar-refractivity contribution in [3.8, 4) is 0 Å². The molecule has 33 heavy (non-hydrogen) atoms. The number of nitrogens with zero attached hydrogens (tertiary/aromatic N) is 3. The molecule has 170 valence electrons. The van der Waals surface area contributed by atoms with Crippen molar-refractivity contribution < 1.29 is 13.6 Å². The van der Waals surface area contributed by atoms with E-state index in [-0.39, 0.29) is 11.6 Å². The maximum atomic E-state index is 13.7. The molecule has 1 fully saturated rings. The summed E-state index contributed by atoms with van der Waals surface area (Å²) in [6.45, 7) is 5.39. The fourth-order valence-corrected chi connectivity index (χ4v) is 3.90. The maximum absolute atomic E-state index is 13.7. The van der Waals surface area contributed by atoms with E-state index in [4.69, 9.17) is 0 Å². The molecule has 0 saturated carbocycles. The molecule has 7 heteroatoms. The normalized spacial score (nSPS) is 15.0. The topological polar surface area (TPSA) is 48.5 Å². The monoisotopic (exact) mass is 448 g/mol. The molecule has 1 aliphatic rings. The Morgan fingerprint density at radius 3 is 2.36 bits per heavy atom. The molecule has 1 amide bonds. The van der Waals surface area contributed by atoms with Crippen LogP contribution in [0.5, 0.6) is 0 Å². The maximum Gasteiger partial charge on any atom is 0.244 e. The number of aromatic nitrogens is 1. The van der Waals surface area contributed by atoms with Crippen LogP contribution in [0, 0.1) is 11.6 Å². The molecule has 1 atom stereocenters. The quantitative estimate of drug-likeness (QED) is 0.561. The van der Waals surface area contributed by atoms with E-state index >= 15 is 0 Å². The van der Waals surface area contributed by atoms with Crippen molar-refractivity contribution in [2.24, 2.45) is 0 Å². The number of hydrogen-bond acceptors (Lipinski definition) is 4. The Labute approximate surface area is 192 Å². The molecular weight excluding hydrogens is 422 g/mol. The van der Waals surface area contributed by atoms with Crippen LogP contribution in [-0.4, -0.2) is 37.1 Å². The van der Waals surface area contributed by atoms with E-state index in [0.29, 0.717) is 0 Å². The zero-order chi connectivity index (χ0) is 23.2. The van der Waals surface area contributed by atoms with Gasteiger partial charge in [0.25, 0.3) is 0 Å². The summed E-state index contributed by atoms with van der Waals surface area (Å²) in [6, 6.07) is 17.3. The van der Waals surface area contributed by atoms with Gasteiger partial charge in [-0.25, -0.2) is 13.8 Å². The van der Waals surface area contributed by atoms with E-state index in [1.807, 2.05) is 43.5 Å². The van der Waals surface area contributed by atoms with Gasteiger partial charge < -0.3 is 15.1 Å². The van der Waals surface area contributed by atoms with Crippen LogP contribution in [0.1, 0.15) is 24.1 Å². The van der Waals surface area contributed by atoms with Crippen molar-refractivity contribution >= 4 is 23.5 Å². The number of carbonyl (C=O) groups is 1. The molecule has 1 aromatic heterocycles. The second-order valence-electron chi connectivity index (χ2n) is 7.96. The smallest absolute Gasteiger partial charge is 0.244 e. The second-order valence-corrected chi connectivity index (χ2v) is 7.96. The van der Waals surface area contributed by atoms with Crippen molar-refractivity contribution in [1.82, 2.24) is 10.3 Å². The summed E-state index contributed by atoms with van der Waals surface area (Å²) < 4.78 is 27.5. The van der Waals surface area contributed by atoms with Gasteiger partial charge in [0.15, 0.2) is 0 Å². The lowest BCUT2D eigenvalue weighted by atomic mass is 10.1. The predicted octanol–water partition coefficient (Wildman–Crippen LogP) is 4.58.